The van der Waals surface area contributed by atoms with E-state index in [9.17, 15) is 5.11 Å². The summed E-state index contributed by atoms with van der Waals surface area (Å²) in [4.78, 5) is 0. The maximum absolute atomic E-state index is 9.75. The minimum absolute atomic E-state index is 0. The van der Waals surface area contributed by atoms with E-state index in [0.29, 0.717) is 10.9 Å². The summed E-state index contributed by atoms with van der Waals surface area (Å²) < 4.78 is 0. The second-order valence-electron chi connectivity index (χ2n) is 5.78. The average molecular weight is 402 g/mol. The molecule has 0 amide bonds. The second-order valence-corrected chi connectivity index (χ2v) is 8.08. The first-order valence-corrected chi connectivity index (χ1v) is 10.1. The Hall–Kier alpha value is 1.04. The minimum Gasteiger partial charge on any atom is -1.00 e. The fourth-order valence-corrected chi connectivity index (χ4v) is 3.27. The third-order valence-electron chi connectivity index (χ3n) is 3.42. The molecule has 0 spiro atoms. The zero-order chi connectivity index (χ0) is 13.6. The zero-order valence-corrected chi connectivity index (χ0v) is 16.3. The molecule has 0 radical (unpaired) electrons. The number of unbranched alkanes of at least 4 members (excludes halogenated alkanes) is 9. The van der Waals surface area contributed by atoms with Gasteiger partial charge in [-0.1, -0.05) is 71.1 Å². The molecular weight excluding hydrogens is 367 g/mol. The van der Waals surface area contributed by atoms with Gasteiger partial charge in [0.1, 0.15) is 5.75 Å². The molecule has 0 saturated carbocycles. The van der Waals surface area contributed by atoms with Crippen molar-refractivity contribution in [2.45, 2.75) is 83.7 Å². The standard InChI is InChI=1S/C16H35OS.HI/c1-4-5-6-7-8-9-10-11-12-13-14-16(17)15-18(2)3;/h16-17H,4-15H2,1-3H3;1H/q+1;/p-1. The van der Waals surface area contributed by atoms with Gasteiger partial charge in [-0.15, -0.1) is 0 Å². The smallest absolute Gasteiger partial charge is 0.133 e. The summed E-state index contributed by atoms with van der Waals surface area (Å²) in [5.41, 5.74) is 0. The van der Waals surface area contributed by atoms with Gasteiger partial charge < -0.3 is 29.1 Å². The lowest BCUT2D eigenvalue weighted by Gasteiger charge is -2.07. The lowest BCUT2D eigenvalue weighted by Crippen LogP contribution is -3.00. The predicted octanol–water partition coefficient (Wildman–Crippen LogP) is 1.54. The highest BCUT2D eigenvalue weighted by molar-refractivity contribution is 7.95. The molecule has 0 aromatic rings. The second kappa shape index (κ2) is 17.1. The molecule has 0 heterocycles. The van der Waals surface area contributed by atoms with E-state index >= 15 is 0 Å². The lowest BCUT2D eigenvalue weighted by molar-refractivity contribution is -0.00000640. The SMILES string of the molecule is CCCCCCCCCCCCC(O)C[S+](C)C.[I-]. The van der Waals surface area contributed by atoms with E-state index in [1.165, 1.54) is 64.2 Å². The number of hydrogen-bond acceptors (Lipinski definition) is 1. The maximum atomic E-state index is 9.75. The van der Waals surface area contributed by atoms with Crippen molar-refractivity contribution in [2.24, 2.45) is 0 Å². The van der Waals surface area contributed by atoms with Crippen LogP contribution >= 0.6 is 0 Å². The van der Waals surface area contributed by atoms with Crippen LogP contribution in [0.1, 0.15) is 77.6 Å². The number of aliphatic hydroxyl groups is 1. The number of hydrogen-bond donors (Lipinski definition) is 1. The fraction of sp³-hybridized carbons (Fsp3) is 1.00. The van der Waals surface area contributed by atoms with Crippen LogP contribution in [-0.2, 0) is 10.9 Å². The van der Waals surface area contributed by atoms with Gasteiger partial charge in [0.25, 0.3) is 0 Å². The Balaban J connectivity index is 0. The largest absolute Gasteiger partial charge is 1.00 e. The van der Waals surface area contributed by atoms with Crippen LogP contribution in [0.2, 0.25) is 0 Å². The van der Waals surface area contributed by atoms with Crippen molar-refractivity contribution in [3.05, 3.63) is 0 Å². The Morgan fingerprint density at radius 2 is 1.21 bits per heavy atom. The predicted molar refractivity (Wildman–Crippen MR) is 86.5 cm³/mol. The molecule has 0 bridgehead atoms. The van der Waals surface area contributed by atoms with Crippen LogP contribution in [0.4, 0.5) is 0 Å². The van der Waals surface area contributed by atoms with Gasteiger partial charge in [-0.05, 0) is 17.3 Å². The quantitative estimate of drug-likeness (QED) is 0.282. The lowest BCUT2D eigenvalue weighted by atomic mass is 10.1. The Morgan fingerprint density at radius 1 is 0.789 bits per heavy atom. The van der Waals surface area contributed by atoms with E-state index in [4.69, 9.17) is 0 Å². The minimum atomic E-state index is -0.0441. The summed E-state index contributed by atoms with van der Waals surface area (Å²) in [6.07, 6.45) is 19.1. The van der Waals surface area contributed by atoms with Crippen LogP contribution in [0.15, 0.2) is 0 Å². The van der Waals surface area contributed by atoms with Crippen molar-refractivity contribution in [1.29, 1.82) is 0 Å². The van der Waals surface area contributed by atoms with Crippen LogP contribution in [-0.4, -0.2) is 29.5 Å². The molecule has 19 heavy (non-hydrogen) atoms. The number of rotatable bonds is 13. The van der Waals surface area contributed by atoms with Gasteiger partial charge >= 0.3 is 0 Å². The van der Waals surface area contributed by atoms with Crippen molar-refractivity contribution >= 4 is 10.9 Å². The highest BCUT2D eigenvalue weighted by Gasteiger charge is 2.11. The molecule has 1 unspecified atom stereocenters. The molecule has 0 aromatic carbocycles. The van der Waals surface area contributed by atoms with Gasteiger partial charge in [-0.25, -0.2) is 0 Å². The van der Waals surface area contributed by atoms with Crippen molar-refractivity contribution in [2.75, 3.05) is 18.3 Å². The number of aliphatic hydroxyl groups excluding tert-OH is 1. The molecule has 0 fully saturated rings. The van der Waals surface area contributed by atoms with Crippen molar-refractivity contribution in [1.82, 2.24) is 0 Å². The van der Waals surface area contributed by atoms with Crippen LogP contribution in [0.25, 0.3) is 0 Å². The van der Waals surface area contributed by atoms with Crippen molar-refractivity contribution < 1.29 is 29.1 Å². The molecule has 0 aliphatic carbocycles. The summed E-state index contributed by atoms with van der Waals surface area (Å²) in [5, 5.41) is 9.75. The van der Waals surface area contributed by atoms with Crippen LogP contribution in [0.5, 0.6) is 0 Å². The summed E-state index contributed by atoms with van der Waals surface area (Å²) >= 11 is 0. The van der Waals surface area contributed by atoms with Gasteiger partial charge in [-0.2, -0.15) is 0 Å². The molecule has 1 N–H and O–H groups in total. The molecule has 1 nitrogen and oxygen atoms in total. The Morgan fingerprint density at radius 3 is 1.63 bits per heavy atom. The monoisotopic (exact) mass is 402 g/mol. The van der Waals surface area contributed by atoms with Gasteiger partial charge in [0, 0.05) is 0 Å². The van der Waals surface area contributed by atoms with Gasteiger partial charge in [0.2, 0.25) is 0 Å². The molecule has 118 valence electrons. The topological polar surface area (TPSA) is 20.2 Å². The van der Waals surface area contributed by atoms with Crippen molar-refractivity contribution in [3.8, 4) is 0 Å². The normalized spacial score (nSPS) is 12.5. The third-order valence-corrected chi connectivity index (χ3v) is 4.47. The third kappa shape index (κ3) is 19.0. The van der Waals surface area contributed by atoms with Crippen LogP contribution in [0.3, 0.4) is 0 Å². The summed E-state index contributed by atoms with van der Waals surface area (Å²) in [6, 6.07) is 0. The molecule has 0 aliphatic rings. The Kier molecular flexibility index (Phi) is 20.1. The van der Waals surface area contributed by atoms with E-state index in [1.807, 2.05) is 0 Å². The Bertz CT molecular complexity index is 165. The van der Waals surface area contributed by atoms with E-state index in [2.05, 4.69) is 19.4 Å². The molecule has 0 aliphatic heterocycles. The highest BCUT2D eigenvalue weighted by Crippen LogP contribution is 2.12. The zero-order valence-electron chi connectivity index (χ0n) is 13.3. The van der Waals surface area contributed by atoms with E-state index < -0.39 is 0 Å². The van der Waals surface area contributed by atoms with Gasteiger partial charge in [-0.3, -0.25) is 0 Å². The van der Waals surface area contributed by atoms with Crippen LogP contribution < -0.4 is 24.0 Å². The summed E-state index contributed by atoms with van der Waals surface area (Å²) in [6.45, 7) is 2.27. The summed E-state index contributed by atoms with van der Waals surface area (Å²) in [7, 11) is 0.390. The van der Waals surface area contributed by atoms with Gasteiger partial charge in [0.05, 0.1) is 18.6 Å². The fourth-order valence-electron chi connectivity index (χ4n) is 2.34. The van der Waals surface area contributed by atoms with E-state index in [-0.39, 0.29) is 30.1 Å². The first-order valence-electron chi connectivity index (χ1n) is 7.89. The van der Waals surface area contributed by atoms with E-state index in [1.54, 1.807) is 0 Å². The molecule has 0 rings (SSSR count). The van der Waals surface area contributed by atoms with Gasteiger partial charge in [0.15, 0.2) is 0 Å². The maximum Gasteiger partial charge on any atom is 0.133 e. The first kappa shape index (κ1) is 22.3. The first-order chi connectivity index (χ1) is 8.66. The molecule has 0 aromatic heterocycles. The highest BCUT2D eigenvalue weighted by atomic mass is 127. The molecule has 0 saturated heterocycles. The molecule has 3 heteroatoms. The average Bonchev–Trinajstić information content (AvgIpc) is 2.30. The van der Waals surface area contributed by atoms with Crippen molar-refractivity contribution in [3.63, 3.8) is 0 Å². The summed E-state index contributed by atoms with van der Waals surface area (Å²) in [5.74, 6) is 0.997. The Labute approximate surface area is 141 Å². The molecule has 1 atom stereocenters. The van der Waals surface area contributed by atoms with Crippen LogP contribution in [0, 0.1) is 0 Å². The number of halogens is 1. The van der Waals surface area contributed by atoms with E-state index in [0.717, 1.165) is 12.2 Å². The molecular formula is C16H35IOS.